The highest BCUT2D eigenvalue weighted by Gasteiger charge is 2.27. The molecule has 112 valence electrons. The fraction of sp³-hybridized carbons (Fsp3) is 0.750. The number of rotatable bonds is 2. The van der Waals surface area contributed by atoms with Gasteiger partial charge in [-0.05, 0) is 33.6 Å². The fourth-order valence-electron chi connectivity index (χ4n) is 1.89. The Labute approximate surface area is 127 Å². The van der Waals surface area contributed by atoms with Crippen molar-refractivity contribution in [2.75, 3.05) is 18.8 Å². The first-order chi connectivity index (χ1) is 9.33. The Morgan fingerprint density at radius 1 is 1.40 bits per heavy atom. The van der Waals surface area contributed by atoms with Crippen molar-refractivity contribution in [1.29, 1.82) is 0 Å². The van der Waals surface area contributed by atoms with Gasteiger partial charge >= 0.3 is 6.09 Å². The van der Waals surface area contributed by atoms with Gasteiger partial charge in [0.2, 0.25) is 5.13 Å². The van der Waals surface area contributed by atoms with Crippen LogP contribution in [0.4, 0.5) is 9.93 Å². The standard InChI is InChI=1S/C12H20N4O2S2/c1-12(2,3)18-11(17)16-6-4-8(5-7-16)19-10-15-14-9(13)20-10/h8H,4-7H2,1-3H3,(H2,13,14). The molecule has 1 saturated heterocycles. The first-order valence-electron chi connectivity index (χ1n) is 6.57. The molecule has 0 aromatic carbocycles. The van der Waals surface area contributed by atoms with Crippen LogP contribution in [0.2, 0.25) is 0 Å². The van der Waals surface area contributed by atoms with Gasteiger partial charge in [0.25, 0.3) is 0 Å². The number of carbonyl (C=O) groups is 1. The highest BCUT2D eigenvalue weighted by Crippen LogP contribution is 2.33. The molecule has 2 rings (SSSR count). The van der Waals surface area contributed by atoms with E-state index in [1.807, 2.05) is 20.8 Å². The van der Waals surface area contributed by atoms with Gasteiger partial charge in [0.15, 0.2) is 4.34 Å². The molecule has 1 amide bonds. The summed E-state index contributed by atoms with van der Waals surface area (Å²) in [7, 11) is 0. The Morgan fingerprint density at radius 2 is 2.05 bits per heavy atom. The zero-order valence-electron chi connectivity index (χ0n) is 12.0. The topological polar surface area (TPSA) is 81.3 Å². The lowest BCUT2D eigenvalue weighted by atomic mass is 10.1. The van der Waals surface area contributed by atoms with E-state index in [9.17, 15) is 4.79 Å². The number of anilines is 1. The highest BCUT2D eigenvalue weighted by molar-refractivity contribution is 8.01. The van der Waals surface area contributed by atoms with Crippen molar-refractivity contribution in [3.63, 3.8) is 0 Å². The molecule has 20 heavy (non-hydrogen) atoms. The monoisotopic (exact) mass is 316 g/mol. The summed E-state index contributed by atoms with van der Waals surface area (Å²) in [6.45, 7) is 7.09. The molecule has 0 spiro atoms. The fourth-order valence-corrected chi connectivity index (χ4v) is 3.91. The molecule has 1 aliphatic heterocycles. The van der Waals surface area contributed by atoms with Gasteiger partial charge in [-0.1, -0.05) is 23.1 Å². The molecule has 8 heteroatoms. The maximum Gasteiger partial charge on any atom is 0.410 e. The summed E-state index contributed by atoms with van der Waals surface area (Å²) in [5, 5.41) is 8.78. The number of ether oxygens (including phenoxy) is 1. The molecule has 1 fully saturated rings. The number of likely N-dealkylation sites (tertiary alicyclic amines) is 1. The third-order valence-electron chi connectivity index (χ3n) is 2.78. The molecule has 0 radical (unpaired) electrons. The third-order valence-corrected chi connectivity index (χ3v) is 4.96. The molecule has 6 nitrogen and oxygen atoms in total. The van der Waals surface area contributed by atoms with E-state index in [2.05, 4.69) is 10.2 Å². The van der Waals surface area contributed by atoms with Crippen LogP contribution >= 0.6 is 23.1 Å². The van der Waals surface area contributed by atoms with Crippen molar-refractivity contribution in [3.8, 4) is 0 Å². The lowest BCUT2D eigenvalue weighted by molar-refractivity contribution is 0.0219. The number of nitrogens with zero attached hydrogens (tertiary/aromatic N) is 3. The number of aromatic nitrogens is 2. The summed E-state index contributed by atoms with van der Waals surface area (Å²) in [6.07, 6.45) is 1.65. The lowest BCUT2D eigenvalue weighted by Crippen LogP contribution is -2.42. The van der Waals surface area contributed by atoms with Crippen LogP contribution in [0.25, 0.3) is 0 Å². The average Bonchev–Trinajstić information content (AvgIpc) is 2.73. The van der Waals surface area contributed by atoms with E-state index in [1.54, 1.807) is 16.7 Å². The zero-order chi connectivity index (χ0) is 14.8. The Kier molecular flexibility index (Phi) is 4.74. The minimum atomic E-state index is -0.438. The molecule has 1 aromatic heterocycles. The normalized spacial score (nSPS) is 17.2. The molecule has 2 N–H and O–H groups in total. The second-order valence-electron chi connectivity index (χ2n) is 5.69. The van der Waals surface area contributed by atoms with Crippen LogP contribution < -0.4 is 5.73 Å². The minimum Gasteiger partial charge on any atom is -0.444 e. The predicted molar refractivity (Wildman–Crippen MR) is 81.0 cm³/mol. The van der Waals surface area contributed by atoms with Gasteiger partial charge in [0.05, 0.1) is 0 Å². The Bertz CT molecular complexity index is 464. The van der Waals surface area contributed by atoms with Gasteiger partial charge in [-0.3, -0.25) is 0 Å². The first kappa shape index (κ1) is 15.4. The van der Waals surface area contributed by atoms with Crippen LogP contribution in [-0.4, -0.2) is 45.1 Å². The number of carbonyl (C=O) groups excluding carboxylic acids is 1. The summed E-state index contributed by atoms with van der Waals surface area (Å²) in [6, 6.07) is 0. The quantitative estimate of drug-likeness (QED) is 0.903. The zero-order valence-corrected chi connectivity index (χ0v) is 13.6. The van der Waals surface area contributed by atoms with Crippen LogP contribution in [0.1, 0.15) is 33.6 Å². The van der Waals surface area contributed by atoms with Crippen LogP contribution in [0.3, 0.4) is 0 Å². The molecule has 1 aromatic rings. The van der Waals surface area contributed by atoms with Crippen molar-refractivity contribution in [1.82, 2.24) is 15.1 Å². The smallest absolute Gasteiger partial charge is 0.410 e. The average molecular weight is 316 g/mol. The van der Waals surface area contributed by atoms with Crippen molar-refractivity contribution < 1.29 is 9.53 Å². The van der Waals surface area contributed by atoms with Crippen LogP contribution in [0.5, 0.6) is 0 Å². The number of thioether (sulfide) groups is 1. The van der Waals surface area contributed by atoms with E-state index < -0.39 is 5.60 Å². The Morgan fingerprint density at radius 3 is 2.55 bits per heavy atom. The van der Waals surface area contributed by atoms with Gasteiger partial charge in [-0.15, -0.1) is 10.2 Å². The predicted octanol–water partition coefficient (Wildman–Crippen LogP) is 2.61. The summed E-state index contributed by atoms with van der Waals surface area (Å²) in [5.74, 6) is 0. The largest absolute Gasteiger partial charge is 0.444 e. The minimum absolute atomic E-state index is 0.221. The van der Waals surface area contributed by atoms with Crippen molar-refractivity contribution in [2.24, 2.45) is 0 Å². The maximum atomic E-state index is 11.9. The second kappa shape index (κ2) is 6.17. The third kappa shape index (κ3) is 4.52. The van der Waals surface area contributed by atoms with Gasteiger partial charge in [0.1, 0.15) is 5.60 Å². The molecular formula is C12H20N4O2S2. The summed E-state index contributed by atoms with van der Waals surface area (Å²) in [4.78, 5) is 13.7. The molecule has 0 saturated carbocycles. The van der Waals surface area contributed by atoms with Crippen molar-refractivity contribution in [2.45, 2.75) is 48.8 Å². The van der Waals surface area contributed by atoms with E-state index in [1.165, 1.54) is 11.3 Å². The Balaban J connectivity index is 1.79. The van der Waals surface area contributed by atoms with Gasteiger partial charge < -0.3 is 15.4 Å². The molecular weight excluding hydrogens is 296 g/mol. The first-order valence-corrected chi connectivity index (χ1v) is 8.27. The Hall–Kier alpha value is -1.02. The molecule has 0 unspecified atom stereocenters. The molecule has 0 bridgehead atoms. The highest BCUT2D eigenvalue weighted by atomic mass is 32.2. The SMILES string of the molecule is CC(C)(C)OC(=O)N1CCC(Sc2nnc(N)s2)CC1. The van der Waals surface area contributed by atoms with Crippen molar-refractivity contribution in [3.05, 3.63) is 0 Å². The number of hydrogen-bond donors (Lipinski definition) is 1. The molecule has 0 aliphatic carbocycles. The lowest BCUT2D eigenvalue weighted by Gasteiger charge is -2.32. The van der Waals surface area contributed by atoms with E-state index in [0.717, 1.165) is 30.3 Å². The summed E-state index contributed by atoms with van der Waals surface area (Å²) in [5.41, 5.74) is 5.13. The number of nitrogens with two attached hydrogens (primary N) is 1. The second-order valence-corrected chi connectivity index (χ2v) is 8.25. The summed E-state index contributed by atoms with van der Waals surface area (Å²) < 4.78 is 6.28. The van der Waals surface area contributed by atoms with Gasteiger partial charge in [-0.25, -0.2) is 4.79 Å². The molecule has 0 atom stereocenters. The van der Waals surface area contributed by atoms with E-state index in [0.29, 0.717) is 10.4 Å². The maximum absolute atomic E-state index is 11.9. The van der Waals surface area contributed by atoms with Crippen LogP contribution in [0.15, 0.2) is 4.34 Å². The van der Waals surface area contributed by atoms with Gasteiger partial charge in [0, 0.05) is 18.3 Å². The van der Waals surface area contributed by atoms with Crippen LogP contribution in [-0.2, 0) is 4.74 Å². The number of nitrogen functional groups attached to an aromatic ring is 1. The van der Waals surface area contributed by atoms with Crippen molar-refractivity contribution >= 4 is 34.3 Å². The van der Waals surface area contributed by atoms with Gasteiger partial charge in [-0.2, -0.15) is 0 Å². The molecule has 2 heterocycles. The van der Waals surface area contributed by atoms with E-state index in [-0.39, 0.29) is 6.09 Å². The van der Waals surface area contributed by atoms with E-state index >= 15 is 0 Å². The summed E-state index contributed by atoms with van der Waals surface area (Å²) >= 11 is 3.11. The number of amides is 1. The van der Waals surface area contributed by atoms with Crippen LogP contribution in [0, 0.1) is 0 Å². The number of hydrogen-bond acceptors (Lipinski definition) is 7. The molecule has 1 aliphatic rings. The van der Waals surface area contributed by atoms with E-state index in [4.69, 9.17) is 10.5 Å². The number of piperidine rings is 1.